The van der Waals surface area contributed by atoms with Gasteiger partial charge in [-0.1, -0.05) is 58.4 Å². The second-order valence-electron chi connectivity index (χ2n) is 5.07. The van der Waals surface area contributed by atoms with Crippen LogP contribution in [0.5, 0.6) is 0 Å². The quantitative estimate of drug-likeness (QED) is 0.638. The fraction of sp³-hybridized carbons (Fsp3) is 0.235. The zero-order valence-electron chi connectivity index (χ0n) is 13.8. The van der Waals surface area contributed by atoms with Gasteiger partial charge in [0.2, 0.25) is 0 Å². The van der Waals surface area contributed by atoms with Crippen molar-refractivity contribution < 1.29 is 23.1 Å². The fourth-order valence-electron chi connectivity index (χ4n) is 2.15. The minimum atomic E-state index is -3.61. The first-order valence-corrected chi connectivity index (χ1v) is 9.83. The van der Waals surface area contributed by atoms with Gasteiger partial charge >= 0.3 is 13.7 Å². The molecule has 1 N–H and O–H groups in total. The second kappa shape index (κ2) is 9.15. The average Bonchev–Trinajstić information content (AvgIpc) is 2.65. The van der Waals surface area contributed by atoms with Crippen molar-refractivity contribution in [3.8, 4) is 0 Å². The maximum atomic E-state index is 12.8. The van der Waals surface area contributed by atoms with Crippen LogP contribution in [0.2, 0.25) is 0 Å². The minimum absolute atomic E-state index is 0.101. The molecule has 1 unspecified atom stereocenters. The molecule has 0 fully saturated rings. The first kappa shape index (κ1) is 19.7. The molecule has 2 aromatic carbocycles. The number of ether oxygens (including phenoxy) is 1. The van der Waals surface area contributed by atoms with Gasteiger partial charge in [0.25, 0.3) is 0 Å². The van der Waals surface area contributed by atoms with Crippen LogP contribution in [0, 0.1) is 0 Å². The van der Waals surface area contributed by atoms with Gasteiger partial charge in [-0.05, 0) is 23.3 Å². The Morgan fingerprint density at radius 3 is 2.24 bits per heavy atom. The number of alkyl carbamates (subject to hydrolysis) is 1. The van der Waals surface area contributed by atoms with E-state index >= 15 is 0 Å². The van der Waals surface area contributed by atoms with Crippen molar-refractivity contribution in [2.24, 2.45) is 0 Å². The Kier molecular flexibility index (Phi) is 7.20. The van der Waals surface area contributed by atoms with E-state index < -0.39 is 19.5 Å². The highest BCUT2D eigenvalue weighted by Gasteiger charge is 2.37. The fourth-order valence-corrected chi connectivity index (χ4v) is 3.79. The highest BCUT2D eigenvalue weighted by Crippen LogP contribution is 2.58. The lowest BCUT2D eigenvalue weighted by molar-refractivity contribution is 0.136. The number of halogens is 1. The number of carbonyl (C=O) groups is 1. The average molecular weight is 428 g/mol. The minimum Gasteiger partial charge on any atom is -0.445 e. The van der Waals surface area contributed by atoms with Crippen molar-refractivity contribution in [2.75, 3.05) is 14.2 Å². The highest BCUT2D eigenvalue weighted by molar-refractivity contribution is 9.10. The van der Waals surface area contributed by atoms with Gasteiger partial charge < -0.3 is 19.1 Å². The van der Waals surface area contributed by atoms with Crippen molar-refractivity contribution in [2.45, 2.75) is 12.4 Å². The normalized spacial score (nSPS) is 12.4. The molecule has 2 aromatic rings. The maximum Gasteiger partial charge on any atom is 0.408 e. The molecule has 0 saturated heterocycles. The molecule has 0 radical (unpaired) electrons. The van der Waals surface area contributed by atoms with Gasteiger partial charge in [-0.25, -0.2) is 4.79 Å². The van der Waals surface area contributed by atoms with Crippen molar-refractivity contribution in [1.82, 2.24) is 5.32 Å². The molecule has 8 heteroatoms. The predicted molar refractivity (Wildman–Crippen MR) is 98.3 cm³/mol. The smallest absolute Gasteiger partial charge is 0.408 e. The van der Waals surface area contributed by atoms with Gasteiger partial charge in [0.05, 0.1) is 0 Å². The molecule has 25 heavy (non-hydrogen) atoms. The van der Waals surface area contributed by atoms with Crippen LogP contribution in [0.4, 0.5) is 4.79 Å². The molecule has 6 nitrogen and oxygen atoms in total. The molecule has 0 aliphatic rings. The van der Waals surface area contributed by atoms with Crippen LogP contribution in [0.15, 0.2) is 59.1 Å². The van der Waals surface area contributed by atoms with Gasteiger partial charge in [-0.15, -0.1) is 0 Å². The van der Waals surface area contributed by atoms with E-state index in [1.54, 1.807) is 24.3 Å². The number of benzene rings is 2. The largest absolute Gasteiger partial charge is 0.445 e. The summed E-state index contributed by atoms with van der Waals surface area (Å²) in [6.07, 6.45) is -0.717. The molecule has 0 spiro atoms. The summed E-state index contributed by atoms with van der Waals surface area (Å²) in [4.78, 5) is 12.2. The van der Waals surface area contributed by atoms with E-state index in [0.29, 0.717) is 5.56 Å². The molecular formula is C17H19BrNO5P. The molecule has 2 rings (SSSR count). The highest BCUT2D eigenvalue weighted by atomic mass is 79.9. The van der Waals surface area contributed by atoms with Crippen molar-refractivity contribution in [1.29, 1.82) is 0 Å². The van der Waals surface area contributed by atoms with Gasteiger partial charge in [-0.2, -0.15) is 0 Å². The number of rotatable bonds is 7. The Hall–Kier alpha value is -1.66. The second-order valence-corrected chi connectivity index (χ2v) is 8.31. The van der Waals surface area contributed by atoms with Gasteiger partial charge in [0, 0.05) is 18.7 Å². The molecule has 0 aliphatic carbocycles. The SMILES string of the molecule is COP(=O)(OC)C(NC(=O)OCc1ccccc1)c1ccc(Br)cc1. The molecular weight excluding hydrogens is 409 g/mol. The van der Waals surface area contributed by atoms with Crippen LogP contribution in [-0.4, -0.2) is 20.3 Å². The van der Waals surface area contributed by atoms with Gasteiger partial charge in [0.15, 0.2) is 5.78 Å². The summed E-state index contributed by atoms with van der Waals surface area (Å²) in [6, 6.07) is 16.2. The Morgan fingerprint density at radius 1 is 1.08 bits per heavy atom. The zero-order valence-corrected chi connectivity index (χ0v) is 16.3. The van der Waals surface area contributed by atoms with Crippen LogP contribution in [0.1, 0.15) is 16.9 Å². The third kappa shape index (κ3) is 5.41. The van der Waals surface area contributed by atoms with Crippen molar-refractivity contribution in [3.63, 3.8) is 0 Å². The summed E-state index contributed by atoms with van der Waals surface area (Å²) in [6.45, 7) is 0.101. The standard InChI is InChI=1S/C17H19BrNO5P/c1-22-25(21,23-2)16(14-8-10-15(18)11-9-14)19-17(20)24-12-13-6-4-3-5-7-13/h3-11,16H,12H2,1-2H3,(H,19,20). The van der Waals surface area contributed by atoms with E-state index in [9.17, 15) is 9.36 Å². The van der Waals surface area contributed by atoms with Crippen molar-refractivity contribution in [3.05, 3.63) is 70.2 Å². The molecule has 0 bridgehead atoms. The third-order valence-electron chi connectivity index (χ3n) is 3.48. The molecule has 134 valence electrons. The first-order valence-electron chi connectivity index (χ1n) is 7.42. The van der Waals surface area contributed by atoms with E-state index in [1.165, 1.54) is 14.2 Å². The molecule has 0 aromatic heterocycles. The van der Waals surface area contributed by atoms with Crippen LogP contribution in [-0.2, 0) is 25.0 Å². The molecule has 1 atom stereocenters. The van der Waals surface area contributed by atoms with E-state index in [4.69, 9.17) is 13.8 Å². The Bertz CT molecular complexity index is 730. The summed E-state index contributed by atoms with van der Waals surface area (Å²) in [5.41, 5.74) is 1.42. The van der Waals surface area contributed by atoms with E-state index in [1.807, 2.05) is 30.3 Å². The number of hydrogen-bond acceptors (Lipinski definition) is 5. The molecule has 0 saturated carbocycles. The lowest BCUT2D eigenvalue weighted by Crippen LogP contribution is -2.29. The number of amides is 1. The Labute approximate surface area is 155 Å². The van der Waals surface area contributed by atoms with E-state index in [0.717, 1.165) is 10.0 Å². The number of hydrogen-bond donors (Lipinski definition) is 1. The van der Waals surface area contributed by atoms with Crippen LogP contribution >= 0.6 is 23.5 Å². The Balaban J connectivity index is 2.14. The third-order valence-corrected chi connectivity index (χ3v) is 6.08. The van der Waals surface area contributed by atoms with Crippen LogP contribution in [0.3, 0.4) is 0 Å². The number of carbonyl (C=O) groups excluding carboxylic acids is 1. The number of nitrogens with one attached hydrogen (secondary N) is 1. The zero-order chi connectivity index (χ0) is 18.3. The maximum absolute atomic E-state index is 12.8. The predicted octanol–water partition coefficient (Wildman–Crippen LogP) is 4.86. The summed E-state index contributed by atoms with van der Waals surface area (Å²) < 4.78 is 29.0. The van der Waals surface area contributed by atoms with Crippen LogP contribution < -0.4 is 5.32 Å². The molecule has 0 heterocycles. The topological polar surface area (TPSA) is 73.9 Å². The van der Waals surface area contributed by atoms with Crippen molar-refractivity contribution >= 4 is 29.6 Å². The van der Waals surface area contributed by atoms with Gasteiger partial charge in [0.1, 0.15) is 6.61 Å². The molecule has 0 aliphatic heterocycles. The first-order chi connectivity index (χ1) is 12.0. The molecule has 1 amide bonds. The Morgan fingerprint density at radius 2 is 1.68 bits per heavy atom. The summed E-state index contributed by atoms with van der Waals surface area (Å²) >= 11 is 3.34. The summed E-state index contributed by atoms with van der Waals surface area (Å²) in [5, 5.41) is 2.58. The summed E-state index contributed by atoms with van der Waals surface area (Å²) in [5.74, 6) is -0.987. The monoisotopic (exact) mass is 427 g/mol. The lowest BCUT2D eigenvalue weighted by atomic mass is 10.2. The van der Waals surface area contributed by atoms with Crippen LogP contribution in [0.25, 0.3) is 0 Å². The van der Waals surface area contributed by atoms with E-state index in [-0.39, 0.29) is 6.61 Å². The lowest BCUT2D eigenvalue weighted by Gasteiger charge is -2.25. The summed E-state index contributed by atoms with van der Waals surface area (Å²) in [7, 11) is -1.06. The van der Waals surface area contributed by atoms with Gasteiger partial charge in [-0.3, -0.25) is 4.57 Å². The van der Waals surface area contributed by atoms with E-state index in [2.05, 4.69) is 21.2 Å².